The molecule has 5 heteroatoms. The Kier molecular flexibility index (Phi) is 25.5. The van der Waals surface area contributed by atoms with Crippen molar-refractivity contribution in [2.75, 3.05) is 27.1 Å². The monoisotopic (exact) mass is 295 g/mol. The number of hydrogen-bond acceptors (Lipinski definition) is 5. The number of nitrogens with zero attached hydrogens (tertiary/aromatic N) is 1. The number of aliphatic hydroxyl groups is 1. The summed E-state index contributed by atoms with van der Waals surface area (Å²) >= 11 is 1.67. The third kappa shape index (κ3) is 12.7. The normalized spacial score (nSPS) is 21.8. The Labute approximate surface area is 124 Å². The molecule has 1 rings (SSSR count). The van der Waals surface area contributed by atoms with Crippen LogP contribution in [0.2, 0.25) is 0 Å². The zero-order valence-electron chi connectivity index (χ0n) is 13.9. The summed E-state index contributed by atoms with van der Waals surface area (Å²) in [6, 6.07) is 0.186. The molecule has 2 atom stereocenters. The van der Waals surface area contributed by atoms with Crippen LogP contribution < -0.4 is 0 Å². The average Bonchev–Trinajstić information content (AvgIpc) is 2.53. The summed E-state index contributed by atoms with van der Waals surface area (Å²) in [5, 5.41) is 8.09. The van der Waals surface area contributed by atoms with E-state index in [9.17, 15) is 0 Å². The highest BCUT2D eigenvalue weighted by Gasteiger charge is 2.24. The van der Waals surface area contributed by atoms with Gasteiger partial charge in [-0.2, -0.15) is 0 Å². The lowest BCUT2D eigenvalue weighted by molar-refractivity contribution is -0.155. The van der Waals surface area contributed by atoms with Gasteiger partial charge in [0.1, 0.15) is 6.04 Å². The van der Waals surface area contributed by atoms with E-state index in [4.69, 9.17) is 14.6 Å². The first-order chi connectivity index (χ1) is 9.27. The van der Waals surface area contributed by atoms with Crippen LogP contribution in [0.15, 0.2) is 4.99 Å². The molecule has 1 heterocycles. The van der Waals surface area contributed by atoms with E-state index in [0.717, 1.165) is 31.6 Å². The zero-order valence-corrected chi connectivity index (χ0v) is 14.7. The molecule has 0 aromatic carbocycles. The van der Waals surface area contributed by atoms with E-state index < -0.39 is 0 Å². The molecule has 0 aliphatic carbocycles. The van der Waals surface area contributed by atoms with Crippen molar-refractivity contribution in [2.45, 2.75) is 59.8 Å². The third-order valence-corrected chi connectivity index (χ3v) is 2.81. The van der Waals surface area contributed by atoms with Crippen LogP contribution >= 0.6 is 11.8 Å². The van der Waals surface area contributed by atoms with Gasteiger partial charge in [0.05, 0.1) is 5.04 Å². The molecule has 0 radical (unpaired) electrons. The molecule has 0 bridgehead atoms. The van der Waals surface area contributed by atoms with Crippen molar-refractivity contribution in [1.82, 2.24) is 0 Å². The Balaban J connectivity index is -0.000000375. The second-order valence-electron chi connectivity index (χ2n) is 3.04. The molecule has 0 spiro atoms. The molecule has 1 unspecified atom stereocenters. The van der Waals surface area contributed by atoms with Crippen molar-refractivity contribution in [2.24, 2.45) is 4.99 Å². The van der Waals surface area contributed by atoms with E-state index >= 15 is 0 Å². The number of hydrogen-bond donors (Lipinski definition) is 1. The van der Waals surface area contributed by atoms with E-state index in [2.05, 4.69) is 4.99 Å². The number of thioether (sulfide) groups is 1. The Morgan fingerprint density at radius 3 is 2.21 bits per heavy atom. The Bertz CT molecular complexity index is 190. The largest absolute Gasteiger partial charge is 0.400 e. The van der Waals surface area contributed by atoms with Gasteiger partial charge in [-0.3, -0.25) is 4.99 Å². The molecule has 0 aromatic heterocycles. The fraction of sp³-hybridized carbons (Fsp3) is 0.929. The van der Waals surface area contributed by atoms with Gasteiger partial charge in [-0.1, -0.05) is 27.7 Å². The number of methoxy groups -OCH3 is 1. The first-order valence-electron chi connectivity index (χ1n) is 6.95. The summed E-state index contributed by atoms with van der Waals surface area (Å²) in [4.78, 5) is 4.54. The van der Waals surface area contributed by atoms with Crippen LogP contribution in [0.25, 0.3) is 0 Å². The van der Waals surface area contributed by atoms with Crippen molar-refractivity contribution < 1.29 is 14.6 Å². The molecule has 0 saturated carbocycles. The second kappa shape index (κ2) is 20.2. The number of ether oxygens (including phenoxy) is 2. The van der Waals surface area contributed by atoms with Crippen LogP contribution in [0.4, 0.5) is 0 Å². The Morgan fingerprint density at radius 1 is 1.26 bits per heavy atom. The number of aliphatic imine (C=N–C) groups is 1. The summed E-state index contributed by atoms with van der Waals surface area (Å²) in [5.41, 5.74) is 0. The highest BCUT2D eigenvalue weighted by atomic mass is 32.2. The highest BCUT2D eigenvalue weighted by Crippen LogP contribution is 2.18. The number of rotatable bonds is 2. The Morgan fingerprint density at radius 2 is 1.79 bits per heavy atom. The summed E-state index contributed by atoms with van der Waals surface area (Å²) in [7, 11) is 2.67. The first kappa shape index (κ1) is 24.0. The van der Waals surface area contributed by atoms with Gasteiger partial charge in [0.15, 0.2) is 6.29 Å². The van der Waals surface area contributed by atoms with E-state index in [1.165, 1.54) is 0 Å². The molecule has 19 heavy (non-hydrogen) atoms. The minimum absolute atomic E-state index is 0.143. The lowest BCUT2D eigenvalue weighted by Crippen LogP contribution is -2.34. The maximum atomic E-state index is 7.00. The van der Waals surface area contributed by atoms with Gasteiger partial charge in [0, 0.05) is 20.8 Å². The summed E-state index contributed by atoms with van der Waals surface area (Å²) in [5.74, 6) is 0. The van der Waals surface area contributed by atoms with E-state index in [0.29, 0.717) is 0 Å². The standard InChI is InChI=1S/C9H17NO2S.2C2H6.CH4O/c1-7(13-3)10-8-5-4-6-12-9(8)11-2;3*1-2/h8-9H,4-6H2,1-3H3;2*1-2H3;2H,1H3/t8-,9?;;;/m1.../s1. The van der Waals surface area contributed by atoms with Gasteiger partial charge in [0.2, 0.25) is 0 Å². The highest BCUT2D eigenvalue weighted by molar-refractivity contribution is 8.13. The second-order valence-corrected chi connectivity index (χ2v) is 4.04. The zero-order chi connectivity index (χ0) is 15.7. The minimum atomic E-state index is -0.143. The van der Waals surface area contributed by atoms with E-state index in [1.807, 2.05) is 40.9 Å². The third-order valence-electron chi connectivity index (χ3n) is 2.12. The molecule has 0 aromatic rings. The molecule has 1 aliphatic rings. The lowest BCUT2D eigenvalue weighted by Gasteiger charge is -2.27. The molecule has 1 fully saturated rings. The molecule has 0 amide bonds. The fourth-order valence-corrected chi connectivity index (χ4v) is 1.62. The molecular formula is C14H33NO3S. The quantitative estimate of drug-likeness (QED) is 0.625. The van der Waals surface area contributed by atoms with Gasteiger partial charge in [-0.05, 0) is 26.0 Å². The minimum Gasteiger partial charge on any atom is -0.400 e. The van der Waals surface area contributed by atoms with Crippen LogP contribution in [-0.2, 0) is 9.47 Å². The average molecular weight is 295 g/mol. The predicted octanol–water partition coefficient (Wildman–Crippen LogP) is 3.58. The van der Waals surface area contributed by atoms with Crippen LogP contribution in [0.5, 0.6) is 0 Å². The topological polar surface area (TPSA) is 51.0 Å². The van der Waals surface area contributed by atoms with Gasteiger partial charge in [-0.25, -0.2) is 0 Å². The maximum absolute atomic E-state index is 7.00. The molecule has 4 nitrogen and oxygen atoms in total. The van der Waals surface area contributed by atoms with Crippen molar-refractivity contribution in [3.8, 4) is 0 Å². The lowest BCUT2D eigenvalue weighted by atomic mass is 10.1. The molecular weight excluding hydrogens is 262 g/mol. The smallest absolute Gasteiger partial charge is 0.179 e. The molecule has 1 saturated heterocycles. The van der Waals surface area contributed by atoms with Crippen LogP contribution in [0.1, 0.15) is 47.5 Å². The molecule has 1 aliphatic heterocycles. The van der Waals surface area contributed by atoms with Gasteiger partial charge >= 0.3 is 0 Å². The van der Waals surface area contributed by atoms with Crippen molar-refractivity contribution in [1.29, 1.82) is 0 Å². The predicted molar refractivity (Wildman–Crippen MR) is 87.2 cm³/mol. The SMILES string of the molecule is CC.CC.CO.COC1OCCC[C@H]1N=C(C)SC. The van der Waals surface area contributed by atoms with Gasteiger partial charge < -0.3 is 14.6 Å². The maximum Gasteiger partial charge on any atom is 0.179 e. The first-order valence-corrected chi connectivity index (χ1v) is 8.18. The van der Waals surface area contributed by atoms with Crippen molar-refractivity contribution in [3.05, 3.63) is 0 Å². The summed E-state index contributed by atoms with van der Waals surface area (Å²) in [6.45, 7) is 10.8. The van der Waals surface area contributed by atoms with Crippen molar-refractivity contribution >= 4 is 16.8 Å². The summed E-state index contributed by atoms with van der Waals surface area (Å²) < 4.78 is 10.7. The van der Waals surface area contributed by atoms with Crippen LogP contribution in [0.3, 0.4) is 0 Å². The van der Waals surface area contributed by atoms with Crippen LogP contribution in [-0.4, -0.2) is 49.6 Å². The summed E-state index contributed by atoms with van der Waals surface area (Å²) in [6.07, 6.45) is 4.03. The van der Waals surface area contributed by atoms with E-state index in [1.54, 1.807) is 18.9 Å². The molecule has 118 valence electrons. The van der Waals surface area contributed by atoms with E-state index in [-0.39, 0.29) is 12.3 Å². The van der Waals surface area contributed by atoms with Gasteiger partial charge in [-0.15, -0.1) is 11.8 Å². The fourth-order valence-electron chi connectivity index (χ4n) is 1.38. The number of aliphatic hydroxyl groups excluding tert-OH is 1. The molecule has 1 N–H and O–H groups in total. The van der Waals surface area contributed by atoms with Crippen LogP contribution in [0, 0.1) is 0 Å². The van der Waals surface area contributed by atoms with Gasteiger partial charge in [0.25, 0.3) is 0 Å². The van der Waals surface area contributed by atoms with Crippen molar-refractivity contribution in [3.63, 3.8) is 0 Å². The Hall–Kier alpha value is -0.100.